The van der Waals surface area contributed by atoms with Gasteiger partial charge in [-0.1, -0.05) is 24.6 Å². The molecule has 20 heavy (non-hydrogen) atoms. The number of likely N-dealkylation sites (tertiary alicyclic amines) is 1. The summed E-state index contributed by atoms with van der Waals surface area (Å²) in [6, 6.07) is 6.83. The minimum Gasteiger partial charge on any atom is -0.492 e. The van der Waals surface area contributed by atoms with Crippen molar-refractivity contribution in [1.82, 2.24) is 4.90 Å². The van der Waals surface area contributed by atoms with Gasteiger partial charge in [-0.25, -0.2) is 0 Å². The monoisotopic (exact) mass is 298 g/mol. The van der Waals surface area contributed by atoms with Crippen molar-refractivity contribution in [2.75, 3.05) is 26.2 Å². The van der Waals surface area contributed by atoms with Gasteiger partial charge in [0.25, 0.3) is 0 Å². The summed E-state index contributed by atoms with van der Waals surface area (Å²) in [6.07, 6.45) is 3.84. The Morgan fingerprint density at radius 2 is 1.95 bits per heavy atom. The smallest absolute Gasteiger partial charge is 0.125 e. The standard InChI is InChI=1S/C16H26N2O.ClH/c1-13-6-5-7-14(2)16(13)19-11-10-18-9-4-3-8-15(18)12-17;/h5-7,15H,3-4,8-12,17H2,1-2H3;1H. The maximum atomic E-state index is 5.98. The first kappa shape index (κ1) is 17.3. The molecule has 0 aromatic heterocycles. The largest absolute Gasteiger partial charge is 0.492 e. The molecule has 1 aromatic carbocycles. The normalized spacial score (nSPS) is 19.4. The fourth-order valence-electron chi connectivity index (χ4n) is 2.91. The lowest BCUT2D eigenvalue weighted by molar-refractivity contribution is 0.127. The van der Waals surface area contributed by atoms with Crippen LogP contribution in [0.4, 0.5) is 0 Å². The van der Waals surface area contributed by atoms with Crippen molar-refractivity contribution in [3.63, 3.8) is 0 Å². The van der Waals surface area contributed by atoms with Crippen LogP contribution in [0.25, 0.3) is 0 Å². The maximum absolute atomic E-state index is 5.98. The van der Waals surface area contributed by atoms with Crippen LogP contribution < -0.4 is 10.5 Å². The molecule has 1 aromatic rings. The van der Waals surface area contributed by atoms with Gasteiger partial charge >= 0.3 is 0 Å². The highest BCUT2D eigenvalue weighted by Gasteiger charge is 2.20. The second kappa shape index (κ2) is 8.50. The molecule has 0 radical (unpaired) electrons. The number of halogens is 1. The number of hydrogen-bond acceptors (Lipinski definition) is 3. The highest BCUT2D eigenvalue weighted by atomic mass is 35.5. The zero-order chi connectivity index (χ0) is 13.7. The van der Waals surface area contributed by atoms with E-state index in [0.717, 1.165) is 32.0 Å². The van der Waals surface area contributed by atoms with Gasteiger partial charge in [-0.2, -0.15) is 0 Å². The van der Waals surface area contributed by atoms with Crippen molar-refractivity contribution in [1.29, 1.82) is 0 Å². The first-order valence-electron chi connectivity index (χ1n) is 7.35. The molecule has 0 spiro atoms. The number of aryl methyl sites for hydroxylation is 2. The van der Waals surface area contributed by atoms with Gasteiger partial charge in [0, 0.05) is 19.1 Å². The van der Waals surface area contributed by atoms with Gasteiger partial charge in [-0.05, 0) is 44.4 Å². The van der Waals surface area contributed by atoms with Gasteiger partial charge in [0.05, 0.1) is 0 Å². The minimum atomic E-state index is 0. The molecule has 1 heterocycles. The van der Waals surface area contributed by atoms with Crippen LogP contribution in [0.1, 0.15) is 30.4 Å². The second-order valence-electron chi connectivity index (χ2n) is 5.49. The van der Waals surface area contributed by atoms with E-state index in [0.29, 0.717) is 6.04 Å². The average Bonchev–Trinajstić information content (AvgIpc) is 2.42. The van der Waals surface area contributed by atoms with E-state index in [-0.39, 0.29) is 12.4 Å². The van der Waals surface area contributed by atoms with Crippen LogP contribution in [0.3, 0.4) is 0 Å². The predicted molar refractivity (Wildman–Crippen MR) is 86.9 cm³/mol. The lowest BCUT2D eigenvalue weighted by atomic mass is 10.0. The third-order valence-electron chi connectivity index (χ3n) is 4.05. The first-order valence-corrected chi connectivity index (χ1v) is 7.35. The summed E-state index contributed by atoms with van der Waals surface area (Å²) in [5.41, 5.74) is 8.28. The number of nitrogens with two attached hydrogens (primary N) is 1. The Hall–Kier alpha value is -0.770. The molecule has 1 aliphatic heterocycles. The molecule has 1 aliphatic rings. The molecule has 1 unspecified atom stereocenters. The van der Waals surface area contributed by atoms with Crippen LogP contribution in [0.2, 0.25) is 0 Å². The zero-order valence-electron chi connectivity index (χ0n) is 12.6. The van der Waals surface area contributed by atoms with Crippen LogP contribution in [0.5, 0.6) is 5.75 Å². The van der Waals surface area contributed by atoms with Crippen molar-refractivity contribution in [3.05, 3.63) is 29.3 Å². The lowest BCUT2D eigenvalue weighted by Gasteiger charge is -2.34. The highest BCUT2D eigenvalue weighted by molar-refractivity contribution is 5.85. The lowest BCUT2D eigenvalue weighted by Crippen LogP contribution is -2.45. The number of ether oxygens (including phenoxy) is 1. The molecular weight excluding hydrogens is 272 g/mol. The molecule has 1 atom stereocenters. The quantitative estimate of drug-likeness (QED) is 0.908. The topological polar surface area (TPSA) is 38.5 Å². The van der Waals surface area contributed by atoms with Gasteiger partial charge < -0.3 is 10.5 Å². The number of piperidine rings is 1. The van der Waals surface area contributed by atoms with Crippen LogP contribution in [-0.4, -0.2) is 37.2 Å². The Morgan fingerprint density at radius 1 is 1.25 bits per heavy atom. The Labute approximate surface area is 128 Å². The Morgan fingerprint density at radius 3 is 2.60 bits per heavy atom. The summed E-state index contributed by atoms with van der Waals surface area (Å²) in [5.74, 6) is 1.05. The molecule has 0 saturated carbocycles. The van der Waals surface area contributed by atoms with E-state index >= 15 is 0 Å². The Kier molecular flexibility index (Phi) is 7.35. The summed E-state index contributed by atoms with van der Waals surface area (Å²) in [7, 11) is 0. The van der Waals surface area contributed by atoms with Crippen LogP contribution in [0.15, 0.2) is 18.2 Å². The number of rotatable bonds is 5. The van der Waals surface area contributed by atoms with Gasteiger partial charge in [0.2, 0.25) is 0 Å². The van der Waals surface area contributed by atoms with E-state index in [4.69, 9.17) is 10.5 Å². The van der Waals surface area contributed by atoms with Crippen LogP contribution in [-0.2, 0) is 0 Å². The van der Waals surface area contributed by atoms with Gasteiger partial charge in [-0.15, -0.1) is 12.4 Å². The highest BCUT2D eigenvalue weighted by Crippen LogP contribution is 2.22. The molecule has 0 bridgehead atoms. The first-order chi connectivity index (χ1) is 9.22. The molecular formula is C16H27ClN2O. The maximum Gasteiger partial charge on any atom is 0.125 e. The summed E-state index contributed by atoms with van der Waals surface area (Å²) in [4.78, 5) is 2.48. The summed E-state index contributed by atoms with van der Waals surface area (Å²) in [5, 5.41) is 0. The van der Waals surface area contributed by atoms with E-state index in [1.807, 2.05) is 0 Å². The van der Waals surface area contributed by atoms with Crippen molar-refractivity contribution in [2.24, 2.45) is 5.73 Å². The minimum absolute atomic E-state index is 0. The fraction of sp³-hybridized carbons (Fsp3) is 0.625. The van der Waals surface area contributed by atoms with Crippen molar-refractivity contribution < 1.29 is 4.74 Å². The predicted octanol–water partition coefficient (Wildman–Crippen LogP) is 2.92. The van der Waals surface area contributed by atoms with Gasteiger partial charge in [-0.3, -0.25) is 4.90 Å². The molecule has 114 valence electrons. The summed E-state index contributed by atoms with van der Waals surface area (Å²) in [6.45, 7) is 7.87. The molecule has 2 rings (SSSR count). The zero-order valence-corrected chi connectivity index (χ0v) is 13.4. The Bertz CT molecular complexity index is 391. The van der Waals surface area contributed by atoms with Gasteiger partial charge in [0.1, 0.15) is 12.4 Å². The van der Waals surface area contributed by atoms with Crippen LogP contribution >= 0.6 is 12.4 Å². The van der Waals surface area contributed by atoms with Gasteiger partial charge in [0.15, 0.2) is 0 Å². The molecule has 4 heteroatoms. The number of para-hydroxylation sites is 1. The summed E-state index contributed by atoms with van der Waals surface area (Å²) >= 11 is 0. The SMILES string of the molecule is Cc1cccc(C)c1OCCN1CCCCC1CN.Cl. The number of nitrogens with zero attached hydrogens (tertiary/aromatic N) is 1. The molecule has 0 amide bonds. The molecule has 3 nitrogen and oxygen atoms in total. The van der Waals surface area contributed by atoms with E-state index in [1.165, 1.54) is 30.4 Å². The summed E-state index contributed by atoms with van der Waals surface area (Å²) < 4.78 is 5.98. The van der Waals surface area contributed by atoms with E-state index in [9.17, 15) is 0 Å². The van der Waals surface area contributed by atoms with Crippen molar-refractivity contribution >= 4 is 12.4 Å². The van der Waals surface area contributed by atoms with Crippen molar-refractivity contribution in [2.45, 2.75) is 39.2 Å². The molecule has 1 fully saturated rings. The second-order valence-corrected chi connectivity index (χ2v) is 5.49. The van der Waals surface area contributed by atoms with Crippen molar-refractivity contribution in [3.8, 4) is 5.75 Å². The van der Waals surface area contributed by atoms with E-state index < -0.39 is 0 Å². The Balaban J connectivity index is 0.00000200. The third kappa shape index (κ3) is 4.37. The molecule has 1 saturated heterocycles. The van der Waals surface area contributed by atoms with E-state index in [2.05, 4.69) is 36.9 Å². The van der Waals surface area contributed by atoms with Crippen LogP contribution in [0, 0.1) is 13.8 Å². The number of hydrogen-bond donors (Lipinski definition) is 1. The average molecular weight is 299 g/mol. The fourth-order valence-corrected chi connectivity index (χ4v) is 2.91. The van der Waals surface area contributed by atoms with E-state index in [1.54, 1.807) is 0 Å². The molecule has 0 aliphatic carbocycles. The third-order valence-corrected chi connectivity index (χ3v) is 4.05. The molecule has 2 N–H and O–H groups in total. The number of benzene rings is 1.